The molecule has 9 heteroatoms. The van der Waals surface area contributed by atoms with Crippen LogP contribution in [0.25, 0.3) is 0 Å². The SMILES string of the molecule is O=c1cc[nH]cc1S(=O)(=O)N1CCn2cnnc2C1. The minimum absolute atomic E-state index is 0.122. The number of hydrogen-bond acceptors (Lipinski definition) is 5. The van der Waals surface area contributed by atoms with Crippen molar-refractivity contribution in [1.29, 1.82) is 0 Å². The van der Waals surface area contributed by atoms with E-state index in [1.165, 1.54) is 22.8 Å². The predicted octanol–water partition coefficient (Wildman–Crippen LogP) is -0.829. The maximum Gasteiger partial charge on any atom is 0.248 e. The Morgan fingerprint density at radius 1 is 1.32 bits per heavy atom. The summed E-state index contributed by atoms with van der Waals surface area (Å²) in [5.74, 6) is 0.571. The fraction of sp³-hybridized carbons (Fsp3) is 0.300. The van der Waals surface area contributed by atoms with Gasteiger partial charge in [-0.3, -0.25) is 4.79 Å². The molecule has 0 saturated carbocycles. The van der Waals surface area contributed by atoms with Crippen LogP contribution in [0.5, 0.6) is 0 Å². The molecule has 3 heterocycles. The van der Waals surface area contributed by atoms with Crippen molar-refractivity contribution in [2.45, 2.75) is 18.0 Å². The van der Waals surface area contributed by atoms with Gasteiger partial charge in [0.1, 0.15) is 17.0 Å². The first-order valence-corrected chi connectivity index (χ1v) is 7.07. The lowest BCUT2D eigenvalue weighted by molar-refractivity contribution is 0.335. The summed E-state index contributed by atoms with van der Waals surface area (Å²) in [6, 6.07) is 1.19. The van der Waals surface area contributed by atoms with Crippen LogP contribution in [0.2, 0.25) is 0 Å². The summed E-state index contributed by atoms with van der Waals surface area (Å²) in [5, 5.41) is 7.59. The predicted molar refractivity (Wildman–Crippen MR) is 64.7 cm³/mol. The van der Waals surface area contributed by atoms with Crippen LogP contribution in [0.1, 0.15) is 5.82 Å². The van der Waals surface area contributed by atoms with Gasteiger partial charge < -0.3 is 9.55 Å². The average molecular weight is 281 g/mol. The highest BCUT2D eigenvalue weighted by molar-refractivity contribution is 7.89. The number of nitrogens with one attached hydrogen (secondary N) is 1. The zero-order valence-corrected chi connectivity index (χ0v) is 10.7. The molecule has 8 nitrogen and oxygen atoms in total. The van der Waals surface area contributed by atoms with Crippen molar-refractivity contribution in [2.24, 2.45) is 0 Å². The number of H-pyrrole nitrogens is 1. The van der Waals surface area contributed by atoms with E-state index in [4.69, 9.17) is 0 Å². The Balaban J connectivity index is 1.99. The Bertz CT molecular complexity index is 763. The highest BCUT2D eigenvalue weighted by atomic mass is 32.2. The lowest BCUT2D eigenvalue weighted by Gasteiger charge is -2.25. The molecule has 0 saturated heterocycles. The van der Waals surface area contributed by atoms with Crippen molar-refractivity contribution in [3.05, 3.63) is 40.8 Å². The molecule has 2 aromatic rings. The Morgan fingerprint density at radius 2 is 2.16 bits per heavy atom. The third kappa shape index (κ3) is 1.96. The molecule has 0 aliphatic carbocycles. The van der Waals surface area contributed by atoms with E-state index < -0.39 is 15.5 Å². The maximum atomic E-state index is 12.4. The van der Waals surface area contributed by atoms with Gasteiger partial charge in [-0.25, -0.2) is 8.42 Å². The van der Waals surface area contributed by atoms with E-state index in [0.29, 0.717) is 18.9 Å². The van der Waals surface area contributed by atoms with Gasteiger partial charge in [-0.1, -0.05) is 0 Å². The van der Waals surface area contributed by atoms with Crippen molar-refractivity contribution in [3.63, 3.8) is 0 Å². The van der Waals surface area contributed by atoms with Gasteiger partial charge in [-0.15, -0.1) is 10.2 Å². The number of rotatable bonds is 2. The van der Waals surface area contributed by atoms with Gasteiger partial charge in [-0.2, -0.15) is 4.31 Å². The van der Waals surface area contributed by atoms with Crippen LogP contribution in [0, 0.1) is 0 Å². The number of aromatic amines is 1. The van der Waals surface area contributed by atoms with E-state index in [2.05, 4.69) is 15.2 Å². The minimum atomic E-state index is -3.80. The molecule has 0 radical (unpaired) electrons. The van der Waals surface area contributed by atoms with E-state index in [9.17, 15) is 13.2 Å². The largest absolute Gasteiger partial charge is 0.366 e. The highest BCUT2D eigenvalue weighted by Crippen LogP contribution is 2.17. The van der Waals surface area contributed by atoms with Gasteiger partial charge >= 0.3 is 0 Å². The molecule has 0 spiro atoms. The Hall–Kier alpha value is -2.00. The van der Waals surface area contributed by atoms with Gasteiger partial charge in [0.2, 0.25) is 15.5 Å². The minimum Gasteiger partial charge on any atom is -0.366 e. The number of fused-ring (bicyclic) bond motifs is 1. The van der Waals surface area contributed by atoms with Crippen molar-refractivity contribution in [3.8, 4) is 0 Å². The van der Waals surface area contributed by atoms with E-state index in [1.54, 1.807) is 10.9 Å². The van der Waals surface area contributed by atoms with E-state index in [-0.39, 0.29) is 11.4 Å². The quantitative estimate of drug-likeness (QED) is 0.774. The lowest BCUT2D eigenvalue weighted by Crippen LogP contribution is -2.39. The van der Waals surface area contributed by atoms with E-state index in [0.717, 1.165) is 0 Å². The molecule has 3 rings (SSSR count). The van der Waals surface area contributed by atoms with Crippen LogP contribution in [0.4, 0.5) is 0 Å². The van der Waals surface area contributed by atoms with Gasteiger partial charge in [0.15, 0.2) is 0 Å². The molecule has 0 unspecified atom stereocenters. The monoisotopic (exact) mass is 281 g/mol. The number of nitrogens with zero attached hydrogens (tertiary/aromatic N) is 4. The number of aromatic nitrogens is 4. The van der Waals surface area contributed by atoms with Gasteiger partial charge in [-0.05, 0) is 0 Å². The second-order valence-corrected chi connectivity index (χ2v) is 6.06. The summed E-state index contributed by atoms with van der Waals surface area (Å²) >= 11 is 0. The van der Waals surface area contributed by atoms with E-state index >= 15 is 0 Å². The molecule has 1 aliphatic rings. The summed E-state index contributed by atoms with van der Waals surface area (Å²) < 4.78 is 27.8. The summed E-state index contributed by atoms with van der Waals surface area (Å²) in [6.07, 6.45) is 4.17. The summed E-state index contributed by atoms with van der Waals surface area (Å²) in [7, 11) is -3.80. The fourth-order valence-corrected chi connectivity index (χ4v) is 3.42. The molecule has 0 fully saturated rings. The van der Waals surface area contributed by atoms with Crippen LogP contribution in [-0.2, 0) is 23.1 Å². The summed E-state index contributed by atoms with van der Waals surface area (Å²) in [6.45, 7) is 0.894. The molecular weight excluding hydrogens is 270 g/mol. The number of hydrogen-bond donors (Lipinski definition) is 1. The highest BCUT2D eigenvalue weighted by Gasteiger charge is 2.30. The molecule has 2 aromatic heterocycles. The van der Waals surface area contributed by atoms with Crippen molar-refractivity contribution < 1.29 is 8.42 Å². The van der Waals surface area contributed by atoms with Crippen LogP contribution in [0.3, 0.4) is 0 Å². The smallest absolute Gasteiger partial charge is 0.248 e. The first-order valence-electron chi connectivity index (χ1n) is 5.63. The topological polar surface area (TPSA) is 101 Å². The lowest BCUT2D eigenvalue weighted by atomic mass is 10.4. The molecule has 19 heavy (non-hydrogen) atoms. The number of sulfonamides is 1. The molecule has 0 bridgehead atoms. The van der Waals surface area contributed by atoms with Gasteiger partial charge in [0.05, 0.1) is 6.54 Å². The summed E-state index contributed by atoms with van der Waals surface area (Å²) in [5.41, 5.74) is -0.522. The van der Waals surface area contributed by atoms with Gasteiger partial charge in [0.25, 0.3) is 0 Å². The third-order valence-corrected chi connectivity index (χ3v) is 4.88. The van der Waals surface area contributed by atoms with E-state index in [1.807, 2.05) is 0 Å². The molecule has 1 aliphatic heterocycles. The summed E-state index contributed by atoms with van der Waals surface area (Å²) in [4.78, 5) is 14.0. The van der Waals surface area contributed by atoms with Crippen molar-refractivity contribution >= 4 is 10.0 Å². The standard InChI is InChI=1S/C10H11N5O3S/c16-8-1-2-11-5-9(8)19(17,18)15-4-3-14-7-12-13-10(14)6-15/h1-2,5,7H,3-4,6H2,(H,11,16). The Kier molecular flexibility index (Phi) is 2.72. The average Bonchev–Trinajstić information content (AvgIpc) is 2.86. The molecule has 100 valence electrons. The maximum absolute atomic E-state index is 12.4. The zero-order valence-electron chi connectivity index (χ0n) is 9.85. The zero-order chi connectivity index (χ0) is 13.5. The fourth-order valence-electron chi connectivity index (χ4n) is 1.99. The first kappa shape index (κ1) is 12.1. The van der Waals surface area contributed by atoms with Crippen molar-refractivity contribution in [1.82, 2.24) is 24.1 Å². The normalized spacial score (nSPS) is 16.2. The molecule has 1 N–H and O–H groups in total. The molecule has 0 aromatic carbocycles. The molecular formula is C10H11N5O3S. The molecule has 0 amide bonds. The number of pyridine rings is 1. The second kappa shape index (κ2) is 4.28. The molecule has 0 atom stereocenters. The van der Waals surface area contributed by atoms with Gasteiger partial charge in [0, 0.05) is 31.5 Å². The Morgan fingerprint density at radius 3 is 2.95 bits per heavy atom. The van der Waals surface area contributed by atoms with Crippen LogP contribution in [-0.4, -0.2) is 39.0 Å². The van der Waals surface area contributed by atoms with Crippen LogP contribution in [0.15, 0.2) is 34.5 Å². The third-order valence-electron chi connectivity index (χ3n) is 3.01. The van der Waals surface area contributed by atoms with Crippen molar-refractivity contribution in [2.75, 3.05) is 6.54 Å². The second-order valence-electron chi connectivity index (χ2n) is 4.15. The first-order chi connectivity index (χ1) is 9.09. The Labute approximate surface area is 108 Å². The van der Waals surface area contributed by atoms with Crippen LogP contribution < -0.4 is 5.43 Å². The van der Waals surface area contributed by atoms with Crippen LogP contribution >= 0.6 is 0 Å².